The summed E-state index contributed by atoms with van der Waals surface area (Å²) in [4.78, 5) is 27.6. The molecule has 0 spiro atoms. The first-order chi connectivity index (χ1) is 9.49. The maximum Gasteiger partial charge on any atom is 0.313 e. The molecule has 1 aliphatic heterocycles. The normalized spacial score (nSPS) is 16.1. The molecule has 0 bridgehead atoms. The first kappa shape index (κ1) is 15.1. The Kier molecular flexibility index (Phi) is 4.86. The molecule has 1 saturated heterocycles. The monoisotopic (exact) mass is 315 g/mol. The average molecular weight is 316 g/mol. The molecule has 108 valence electrons. The molecule has 0 saturated carbocycles. The highest BCUT2D eigenvalue weighted by molar-refractivity contribution is 6.44. The first-order valence-electron chi connectivity index (χ1n) is 6.22. The quantitative estimate of drug-likeness (QED) is 0.803. The molecule has 1 aliphatic rings. The Morgan fingerprint density at radius 2 is 1.65 bits per heavy atom. The number of amides is 2. The van der Waals surface area contributed by atoms with Gasteiger partial charge in [0.15, 0.2) is 0 Å². The second-order valence-corrected chi connectivity index (χ2v) is 5.46. The van der Waals surface area contributed by atoms with E-state index in [0.717, 1.165) is 13.1 Å². The highest BCUT2D eigenvalue weighted by Gasteiger charge is 2.25. The number of likely N-dealkylation sites (N-methyl/N-ethyl adjacent to an activating group) is 1. The van der Waals surface area contributed by atoms with E-state index in [4.69, 9.17) is 23.2 Å². The van der Waals surface area contributed by atoms with Crippen LogP contribution in [0.25, 0.3) is 0 Å². The molecule has 0 unspecified atom stereocenters. The lowest BCUT2D eigenvalue weighted by atomic mass is 10.3. The van der Waals surface area contributed by atoms with Crippen molar-refractivity contribution >= 4 is 40.7 Å². The third-order valence-corrected chi connectivity index (χ3v) is 3.82. The van der Waals surface area contributed by atoms with Gasteiger partial charge in [-0.1, -0.05) is 29.3 Å². The maximum absolute atomic E-state index is 12.0. The van der Waals surface area contributed by atoms with Crippen molar-refractivity contribution in [3.63, 3.8) is 0 Å². The minimum absolute atomic E-state index is 0.267. The van der Waals surface area contributed by atoms with Crippen molar-refractivity contribution in [2.75, 3.05) is 38.5 Å². The Labute approximate surface area is 127 Å². The minimum Gasteiger partial charge on any atom is -0.332 e. The lowest BCUT2D eigenvalue weighted by Gasteiger charge is -2.31. The second kappa shape index (κ2) is 6.43. The number of hydrogen-bond donors (Lipinski definition) is 1. The van der Waals surface area contributed by atoms with E-state index in [1.165, 1.54) is 4.90 Å². The van der Waals surface area contributed by atoms with Crippen LogP contribution >= 0.6 is 23.2 Å². The fraction of sp³-hybridized carbons (Fsp3) is 0.385. The standard InChI is InChI=1S/C13H15Cl2N3O2/c1-17-5-7-18(8-6-17)13(20)12(19)16-11-9(14)3-2-4-10(11)15/h2-4H,5-8H2,1H3,(H,16,19). The lowest BCUT2D eigenvalue weighted by molar-refractivity contribution is -0.144. The fourth-order valence-electron chi connectivity index (χ4n) is 1.94. The summed E-state index contributed by atoms with van der Waals surface area (Å²) in [6, 6.07) is 4.87. The van der Waals surface area contributed by atoms with Gasteiger partial charge in [0.1, 0.15) is 0 Å². The van der Waals surface area contributed by atoms with Crippen LogP contribution in [0.1, 0.15) is 0 Å². The Morgan fingerprint density at radius 1 is 1.10 bits per heavy atom. The van der Waals surface area contributed by atoms with E-state index in [0.29, 0.717) is 23.1 Å². The number of piperazine rings is 1. The number of rotatable bonds is 1. The van der Waals surface area contributed by atoms with E-state index in [1.54, 1.807) is 18.2 Å². The zero-order valence-corrected chi connectivity index (χ0v) is 12.5. The Morgan fingerprint density at radius 3 is 2.20 bits per heavy atom. The zero-order chi connectivity index (χ0) is 14.7. The highest BCUT2D eigenvalue weighted by Crippen LogP contribution is 2.29. The molecule has 1 fully saturated rings. The van der Waals surface area contributed by atoms with Gasteiger partial charge >= 0.3 is 11.8 Å². The molecule has 0 aliphatic carbocycles. The van der Waals surface area contributed by atoms with E-state index < -0.39 is 11.8 Å². The molecule has 20 heavy (non-hydrogen) atoms. The van der Waals surface area contributed by atoms with Crippen molar-refractivity contribution in [2.24, 2.45) is 0 Å². The van der Waals surface area contributed by atoms with Crippen LogP contribution in [-0.4, -0.2) is 54.8 Å². The van der Waals surface area contributed by atoms with Gasteiger partial charge in [0.2, 0.25) is 0 Å². The fourth-order valence-corrected chi connectivity index (χ4v) is 2.43. The molecule has 1 heterocycles. The molecule has 0 radical (unpaired) electrons. The predicted octanol–water partition coefficient (Wildman–Crippen LogP) is 1.71. The molecule has 2 amide bonds. The summed E-state index contributed by atoms with van der Waals surface area (Å²) >= 11 is 11.9. The number of nitrogens with zero attached hydrogens (tertiary/aromatic N) is 2. The summed E-state index contributed by atoms with van der Waals surface area (Å²) in [7, 11) is 1.98. The summed E-state index contributed by atoms with van der Waals surface area (Å²) in [5.74, 6) is -1.28. The molecule has 0 aromatic heterocycles. The highest BCUT2D eigenvalue weighted by atomic mass is 35.5. The molecular weight excluding hydrogens is 301 g/mol. The van der Waals surface area contributed by atoms with Crippen molar-refractivity contribution in [2.45, 2.75) is 0 Å². The number of anilines is 1. The van der Waals surface area contributed by atoms with Gasteiger partial charge in [-0.05, 0) is 19.2 Å². The molecular formula is C13H15Cl2N3O2. The number of carbonyl (C=O) groups is 2. The predicted molar refractivity (Wildman–Crippen MR) is 79.2 cm³/mol. The van der Waals surface area contributed by atoms with E-state index in [1.807, 2.05) is 7.05 Å². The average Bonchev–Trinajstić information content (AvgIpc) is 2.43. The molecule has 1 aromatic rings. The molecule has 1 aromatic carbocycles. The van der Waals surface area contributed by atoms with Crippen LogP contribution in [0.3, 0.4) is 0 Å². The van der Waals surface area contributed by atoms with Gasteiger partial charge in [0.25, 0.3) is 0 Å². The van der Waals surface area contributed by atoms with Crippen molar-refractivity contribution in [1.82, 2.24) is 9.80 Å². The Hall–Kier alpha value is -1.30. The van der Waals surface area contributed by atoms with Crippen LogP contribution in [0.5, 0.6) is 0 Å². The zero-order valence-electron chi connectivity index (χ0n) is 11.0. The van der Waals surface area contributed by atoms with Crippen LogP contribution in [0.4, 0.5) is 5.69 Å². The Bertz CT molecular complexity index is 508. The molecule has 2 rings (SSSR count). The summed E-state index contributed by atoms with van der Waals surface area (Å²) in [6.07, 6.45) is 0. The van der Waals surface area contributed by atoms with Crippen molar-refractivity contribution in [3.05, 3.63) is 28.2 Å². The van der Waals surface area contributed by atoms with E-state index in [2.05, 4.69) is 10.2 Å². The van der Waals surface area contributed by atoms with Gasteiger partial charge in [0.05, 0.1) is 15.7 Å². The number of hydrogen-bond acceptors (Lipinski definition) is 3. The second-order valence-electron chi connectivity index (χ2n) is 4.65. The van der Waals surface area contributed by atoms with Gasteiger partial charge in [0, 0.05) is 26.2 Å². The maximum atomic E-state index is 12.0. The minimum atomic E-state index is -0.718. The van der Waals surface area contributed by atoms with Crippen LogP contribution < -0.4 is 5.32 Å². The van der Waals surface area contributed by atoms with Gasteiger partial charge in [-0.25, -0.2) is 0 Å². The topological polar surface area (TPSA) is 52.7 Å². The van der Waals surface area contributed by atoms with Gasteiger partial charge in [-0.3, -0.25) is 9.59 Å². The van der Waals surface area contributed by atoms with Gasteiger partial charge in [-0.2, -0.15) is 0 Å². The summed E-state index contributed by atoms with van der Waals surface area (Å²) in [5.41, 5.74) is 0.267. The number of benzene rings is 1. The lowest BCUT2D eigenvalue weighted by Crippen LogP contribution is -2.50. The molecule has 7 heteroatoms. The van der Waals surface area contributed by atoms with Crippen molar-refractivity contribution in [1.29, 1.82) is 0 Å². The van der Waals surface area contributed by atoms with Crippen LogP contribution in [0.2, 0.25) is 10.0 Å². The first-order valence-corrected chi connectivity index (χ1v) is 6.97. The number of nitrogens with one attached hydrogen (secondary N) is 1. The SMILES string of the molecule is CN1CCN(C(=O)C(=O)Nc2c(Cl)cccc2Cl)CC1. The van der Waals surface area contributed by atoms with Crippen LogP contribution in [0.15, 0.2) is 18.2 Å². The molecule has 0 atom stereocenters. The van der Waals surface area contributed by atoms with E-state index in [9.17, 15) is 9.59 Å². The van der Waals surface area contributed by atoms with Gasteiger partial charge in [-0.15, -0.1) is 0 Å². The number of carbonyl (C=O) groups excluding carboxylic acids is 2. The van der Waals surface area contributed by atoms with Crippen LogP contribution in [0, 0.1) is 0 Å². The smallest absolute Gasteiger partial charge is 0.313 e. The third kappa shape index (κ3) is 3.42. The van der Waals surface area contributed by atoms with Gasteiger partial charge < -0.3 is 15.1 Å². The summed E-state index contributed by atoms with van der Waals surface area (Å²) in [5, 5.41) is 3.08. The summed E-state index contributed by atoms with van der Waals surface area (Å²) in [6.45, 7) is 2.59. The third-order valence-electron chi connectivity index (χ3n) is 3.19. The largest absolute Gasteiger partial charge is 0.332 e. The number of para-hydroxylation sites is 1. The van der Waals surface area contributed by atoms with Crippen molar-refractivity contribution < 1.29 is 9.59 Å². The van der Waals surface area contributed by atoms with Crippen LogP contribution in [-0.2, 0) is 9.59 Å². The Balaban J connectivity index is 2.03. The van der Waals surface area contributed by atoms with E-state index >= 15 is 0 Å². The van der Waals surface area contributed by atoms with Crippen molar-refractivity contribution in [3.8, 4) is 0 Å². The molecule has 1 N–H and O–H groups in total. The summed E-state index contributed by atoms with van der Waals surface area (Å²) < 4.78 is 0. The molecule has 5 nitrogen and oxygen atoms in total. The number of halogens is 2. The van der Waals surface area contributed by atoms with E-state index in [-0.39, 0.29) is 5.69 Å².